The fourth-order valence-corrected chi connectivity index (χ4v) is 1.95. The first-order valence-electron chi connectivity index (χ1n) is 5.57. The highest BCUT2D eigenvalue weighted by molar-refractivity contribution is 5.95. The Kier molecular flexibility index (Phi) is 3.36. The summed E-state index contributed by atoms with van der Waals surface area (Å²) in [5.41, 5.74) is 0.223. The number of H-pyrrole nitrogens is 1. The van der Waals surface area contributed by atoms with Crippen molar-refractivity contribution in [3.63, 3.8) is 0 Å². The van der Waals surface area contributed by atoms with Gasteiger partial charge in [0.2, 0.25) is 0 Å². The number of likely N-dealkylation sites (tertiary alicyclic amines) is 1. The number of nitrogens with one attached hydrogen (secondary N) is 1. The standard InChI is InChI=1S/C10H14N4O3/c1-2-17-10(16)8-4-3-5-14(8)9(15)7-6-11-13-12-7/h6,8H,2-5H2,1H3,(H,11,12,13). The van der Waals surface area contributed by atoms with E-state index in [0.29, 0.717) is 19.6 Å². The zero-order chi connectivity index (χ0) is 12.3. The molecule has 0 spiro atoms. The molecule has 2 heterocycles. The van der Waals surface area contributed by atoms with Crippen molar-refractivity contribution in [1.29, 1.82) is 0 Å². The molecule has 1 aromatic heterocycles. The van der Waals surface area contributed by atoms with Gasteiger partial charge in [-0.2, -0.15) is 15.4 Å². The van der Waals surface area contributed by atoms with Crippen LogP contribution in [0.3, 0.4) is 0 Å². The van der Waals surface area contributed by atoms with Gasteiger partial charge in [0.15, 0.2) is 5.69 Å². The Morgan fingerprint density at radius 3 is 3.12 bits per heavy atom. The number of carbonyl (C=O) groups is 2. The second kappa shape index (κ2) is 4.94. The summed E-state index contributed by atoms with van der Waals surface area (Å²) >= 11 is 0. The molecule has 1 unspecified atom stereocenters. The van der Waals surface area contributed by atoms with Crippen LogP contribution >= 0.6 is 0 Å². The van der Waals surface area contributed by atoms with Gasteiger partial charge in [-0.3, -0.25) is 4.79 Å². The van der Waals surface area contributed by atoms with Crippen LogP contribution in [0, 0.1) is 0 Å². The van der Waals surface area contributed by atoms with E-state index in [1.165, 1.54) is 11.1 Å². The van der Waals surface area contributed by atoms with Crippen molar-refractivity contribution in [3.05, 3.63) is 11.9 Å². The minimum Gasteiger partial charge on any atom is -0.464 e. The second-order valence-corrected chi connectivity index (χ2v) is 3.76. The molecule has 1 aliphatic heterocycles. The summed E-state index contributed by atoms with van der Waals surface area (Å²) in [4.78, 5) is 25.2. The highest BCUT2D eigenvalue weighted by atomic mass is 16.5. The number of ether oxygens (including phenoxy) is 1. The van der Waals surface area contributed by atoms with Crippen molar-refractivity contribution in [2.45, 2.75) is 25.8 Å². The molecule has 1 atom stereocenters. The number of aromatic amines is 1. The molecule has 7 nitrogen and oxygen atoms in total. The van der Waals surface area contributed by atoms with Crippen molar-refractivity contribution < 1.29 is 14.3 Å². The van der Waals surface area contributed by atoms with E-state index < -0.39 is 6.04 Å². The van der Waals surface area contributed by atoms with Gasteiger partial charge in [0.05, 0.1) is 12.8 Å². The van der Waals surface area contributed by atoms with E-state index in [4.69, 9.17) is 4.74 Å². The van der Waals surface area contributed by atoms with Crippen LogP contribution in [0.4, 0.5) is 0 Å². The Morgan fingerprint density at radius 1 is 1.65 bits per heavy atom. The third-order valence-electron chi connectivity index (χ3n) is 2.71. The van der Waals surface area contributed by atoms with Crippen LogP contribution < -0.4 is 0 Å². The number of esters is 1. The molecule has 1 aliphatic rings. The second-order valence-electron chi connectivity index (χ2n) is 3.76. The number of nitrogens with zero attached hydrogens (tertiary/aromatic N) is 3. The lowest BCUT2D eigenvalue weighted by Gasteiger charge is -2.21. The Morgan fingerprint density at radius 2 is 2.47 bits per heavy atom. The fraction of sp³-hybridized carbons (Fsp3) is 0.600. The highest BCUT2D eigenvalue weighted by Gasteiger charge is 2.36. The predicted octanol–water partition coefficient (Wildman–Crippen LogP) is -0.0276. The minimum atomic E-state index is -0.487. The lowest BCUT2D eigenvalue weighted by molar-refractivity contribution is -0.147. The predicted molar refractivity (Wildman–Crippen MR) is 57.1 cm³/mol. The van der Waals surface area contributed by atoms with Crippen LogP contribution in [0.25, 0.3) is 0 Å². The van der Waals surface area contributed by atoms with E-state index in [9.17, 15) is 9.59 Å². The zero-order valence-electron chi connectivity index (χ0n) is 9.55. The summed E-state index contributed by atoms with van der Waals surface area (Å²) in [6, 6.07) is -0.487. The smallest absolute Gasteiger partial charge is 0.328 e. The van der Waals surface area contributed by atoms with Crippen LogP contribution in [0.1, 0.15) is 30.3 Å². The molecule has 0 saturated carbocycles. The number of hydrogen-bond acceptors (Lipinski definition) is 5. The first-order chi connectivity index (χ1) is 8.24. The summed E-state index contributed by atoms with van der Waals surface area (Å²) in [5.74, 6) is -0.629. The summed E-state index contributed by atoms with van der Waals surface area (Å²) < 4.78 is 4.95. The van der Waals surface area contributed by atoms with Gasteiger partial charge in [-0.15, -0.1) is 0 Å². The largest absolute Gasteiger partial charge is 0.464 e. The van der Waals surface area contributed by atoms with Crippen molar-refractivity contribution in [3.8, 4) is 0 Å². The van der Waals surface area contributed by atoms with Crippen molar-refractivity contribution in [2.75, 3.05) is 13.2 Å². The van der Waals surface area contributed by atoms with Crippen LogP contribution in [-0.2, 0) is 9.53 Å². The minimum absolute atomic E-state index is 0.223. The third kappa shape index (κ3) is 2.27. The van der Waals surface area contributed by atoms with E-state index in [0.717, 1.165) is 6.42 Å². The quantitative estimate of drug-likeness (QED) is 0.747. The molecule has 92 valence electrons. The maximum absolute atomic E-state index is 12.0. The first kappa shape index (κ1) is 11.6. The van der Waals surface area contributed by atoms with E-state index in [2.05, 4.69) is 15.4 Å². The first-order valence-corrected chi connectivity index (χ1v) is 5.57. The molecule has 0 bridgehead atoms. The van der Waals surface area contributed by atoms with Crippen LogP contribution in [0.5, 0.6) is 0 Å². The molecule has 1 N–H and O–H groups in total. The third-order valence-corrected chi connectivity index (χ3v) is 2.71. The molecule has 7 heteroatoms. The number of hydrogen-bond donors (Lipinski definition) is 1. The van der Waals surface area contributed by atoms with Gasteiger partial charge >= 0.3 is 5.97 Å². The summed E-state index contributed by atoms with van der Waals surface area (Å²) in [6.45, 7) is 2.62. The Hall–Kier alpha value is -1.92. The molecule has 17 heavy (non-hydrogen) atoms. The molecular formula is C10H14N4O3. The number of rotatable bonds is 3. The van der Waals surface area contributed by atoms with Gasteiger partial charge in [-0.1, -0.05) is 0 Å². The van der Waals surface area contributed by atoms with Crippen LogP contribution in [0.15, 0.2) is 6.20 Å². The van der Waals surface area contributed by atoms with E-state index >= 15 is 0 Å². The van der Waals surface area contributed by atoms with Gasteiger partial charge in [-0.05, 0) is 19.8 Å². The van der Waals surface area contributed by atoms with Gasteiger partial charge in [0.1, 0.15) is 6.04 Å². The van der Waals surface area contributed by atoms with Crippen molar-refractivity contribution in [2.24, 2.45) is 0 Å². The van der Waals surface area contributed by atoms with Crippen molar-refractivity contribution in [1.82, 2.24) is 20.3 Å². The molecule has 1 saturated heterocycles. The number of carbonyl (C=O) groups excluding carboxylic acids is 2. The normalized spacial score (nSPS) is 19.4. The van der Waals surface area contributed by atoms with Gasteiger partial charge < -0.3 is 9.64 Å². The fourth-order valence-electron chi connectivity index (χ4n) is 1.95. The number of amides is 1. The summed E-state index contributed by atoms with van der Waals surface area (Å²) in [7, 11) is 0. The zero-order valence-corrected chi connectivity index (χ0v) is 9.55. The van der Waals surface area contributed by atoms with Gasteiger partial charge in [0, 0.05) is 6.54 Å². The van der Waals surface area contributed by atoms with Crippen LogP contribution in [0.2, 0.25) is 0 Å². The molecule has 1 aromatic rings. The monoisotopic (exact) mass is 238 g/mol. The average molecular weight is 238 g/mol. The van der Waals surface area contributed by atoms with E-state index in [1.54, 1.807) is 6.92 Å². The Balaban J connectivity index is 2.09. The molecule has 2 rings (SSSR count). The summed E-state index contributed by atoms with van der Waals surface area (Å²) in [5, 5.41) is 9.68. The van der Waals surface area contributed by atoms with Crippen LogP contribution in [-0.4, -0.2) is 51.4 Å². The maximum atomic E-state index is 12.0. The SMILES string of the molecule is CCOC(=O)C1CCCN1C(=O)c1cn[nH]n1. The molecule has 0 radical (unpaired) electrons. The van der Waals surface area contributed by atoms with Crippen molar-refractivity contribution >= 4 is 11.9 Å². The van der Waals surface area contributed by atoms with E-state index in [1.807, 2.05) is 0 Å². The molecule has 0 aliphatic carbocycles. The summed E-state index contributed by atoms with van der Waals surface area (Å²) in [6.07, 6.45) is 2.79. The number of aromatic nitrogens is 3. The Labute approximate surface area is 98.1 Å². The molecule has 0 aromatic carbocycles. The topological polar surface area (TPSA) is 88.2 Å². The maximum Gasteiger partial charge on any atom is 0.328 e. The van der Waals surface area contributed by atoms with Gasteiger partial charge in [0.25, 0.3) is 5.91 Å². The molecule has 1 amide bonds. The Bertz CT molecular complexity index is 404. The molecular weight excluding hydrogens is 224 g/mol. The lowest BCUT2D eigenvalue weighted by Crippen LogP contribution is -2.41. The van der Waals surface area contributed by atoms with E-state index in [-0.39, 0.29) is 17.6 Å². The molecule has 1 fully saturated rings. The lowest BCUT2D eigenvalue weighted by atomic mass is 10.2. The average Bonchev–Trinajstić information content (AvgIpc) is 3.00. The highest BCUT2D eigenvalue weighted by Crippen LogP contribution is 2.20. The van der Waals surface area contributed by atoms with Gasteiger partial charge in [-0.25, -0.2) is 4.79 Å².